The molecule has 0 spiro atoms. The van der Waals surface area contributed by atoms with E-state index in [1.54, 1.807) is 21.3 Å². The van der Waals surface area contributed by atoms with E-state index in [1.807, 2.05) is 30.4 Å². The molecular formula is C30H32N4O3S. The molecule has 7 nitrogen and oxygen atoms in total. The van der Waals surface area contributed by atoms with E-state index >= 15 is 0 Å². The monoisotopic (exact) mass is 528 g/mol. The number of aliphatic imine (C=N–C) groups is 1. The van der Waals surface area contributed by atoms with Crippen molar-refractivity contribution < 1.29 is 14.2 Å². The second-order valence-electron chi connectivity index (χ2n) is 9.93. The summed E-state index contributed by atoms with van der Waals surface area (Å²) in [6, 6.07) is 10.5. The Morgan fingerprint density at radius 3 is 2.47 bits per heavy atom. The van der Waals surface area contributed by atoms with Gasteiger partial charge in [0.05, 0.1) is 21.3 Å². The van der Waals surface area contributed by atoms with Crippen molar-refractivity contribution in [3.63, 3.8) is 0 Å². The highest BCUT2D eigenvalue weighted by Gasteiger charge is 2.31. The molecule has 0 amide bonds. The summed E-state index contributed by atoms with van der Waals surface area (Å²) in [4.78, 5) is 6.65. The van der Waals surface area contributed by atoms with Gasteiger partial charge in [-0.05, 0) is 80.3 Å². The smallest absolute Gasteiger partial charge is 0.203 e. The molecule has 1 aliphatic heterocycles. The van der Waals surface area contributed by atoms with E-state index in [-0.39, 0.29) is 6.04 Å². The molecule has 0 saturated heterocycles. The SMILES string of the molecule is COc1cc(CCc2cc(C)ccc2C2N=Cc3c(sc4c3CCC4)-n3c(C)nnc32)cc(OC)c1OC. The average molecular weight is 529 g/mol. The lowest BCUT2D eigenvalue weighted by Crippen LogP contribution is -2.10. The molecule has 8 heteroatoms. The van der Waals surface area contributed by atoms with Crippen LogP contribution in [0.3, 0.4) is 0 Å². The summed E-state index contributed by atoms with van der Waals surface area (Å²) in [7, 11) is 4.92. The van der Waals surface area contributed by atoms with Gasteiger partial charge >= 0.3 is 0 Å². The first kappa shape index (κ1) is 24.7. The van der Waals surface area contributed by atoms with Crippen LogP contribution in [0.5, 0.6) is 17.2 Å². The van der Waals surface area contributed by atoms with Crippen LogP contribution < -0.4 is 14.2 Å². The predicted molar refractivity (Wildman–Crippen MR) is 150 cm³/mol. The summed E-state index contributed by atoms with van der Waals surface area (Å²) in [5.74, 6) is 3.73. The van der Waals surface area contributed by atoms with Gasteiger partial charge in [0.1, 0.15) is 16.9 Å². The highest BCUT2D eigenvalue weighted by Crippen LogP contribution is 2.42. The number of aromatic nitrogens is 3. The van der Waals surface area contributed by atoms with Gasteiger partial charge in [-0.1, -0.05) is 23.8 Å². The van der Waals surface area contributed by atoms with Crippen molar-refractivity contribution in [1.29, 1.82) is 0 Å². The molecule has 38 heavy (non-hydrogen) atoms. The number of methoxy groups -OCH3 is 3. The zero-order valence-electron chi connectivity index (χ0n) is 22.5. The van der Waals surface area contributed by atoms with Crippen LogP contribution >= 0.6 is 11.3 Å². The molecule has 0 radical (unpaired) electrons. The summed E-state index contributed by atoms with van der Waals surface area (Å²) in [5, 5.41) is 10.4. The topological polar surface area (TPSA) is 70.8 Å². The number of rotatable bonds is 7. The zero-order valence-corrected chi connectivity index (χ0v) is 23.3. The number of aryl methyl sites for hydroxylation is 5. The number of ether oxygens (including phenoxy) is 3. The molecule has 2 aliphatic rings. The number of fused-ring (bicyclic) bond motifs is 5. The minimum absolute atomic E-state index is 0.219. The molecule has 2 aromatic heterocycles. The summed E-state index contributed by atoms with van der Waals surface area (Å²) < 4.78 is 18.9. The molecular weight excluding hydrogens is 496 g/mol. The average Bonchev–Trinajstić information content (AvgIpc) is 3.60. The lowest BCUT2D eigenvalue weighted by atomic mass is 9.93. The molecule has 196 valence electrons. The molecule has 2 aromatic carbocycles. The van der Waals surface area contributed by atoms with Crippen LogP contribution in [0.4, 0.5) is 0 Å². The van der Waals surface area contributed by atoms with Gasteiger partial charge in [0.2, 0.25) is 5.75 Å². The standard InChI is InChI=1S/C30H32N4O3S/c1-17-9-12-21(20(13-17)11-10-19-14-24(35-3)28(37-5)25(15-19)36-4)27-29-33-32-18(2)34(29)30-23(16-31-27)22-7-6-8-26(22)38-30/h9,12-16,27H,6-8,10-11H2,1-5H3. The number of nitrogens with zero attached hydrogens (tertiary/aromatic N) is 4. The van der Waals surface area contributed by atoms with E-state index in [2.05, 4.69) is 46.1 Å². The fraction of sp³-hybridized carbons (Fsp3) is 0.367. The summed E-state index contributed by atoms with van der Waals surface area (Å²) in [6.45, 7) is 4.17. The van der Waals surface area contributed by atoms with Crippen molar-refractivity contribution in [3.05, 3.63) is 80.2 Å². The normalized spacial score (nSPS) is 15.6. The third kappa shape index (κ3) is 4.07. The van der Waals surface area contributed by atoms with E-state index in [0.29, 0.717) is 17.2 Å². The Morgan fingerprint density at radius 1 is 0.947 bits per heavy atom. The van der Waals surface area contributed by atoms with Crippen LogP contribution in [0.2, 0.25) is 0 Å². The Labute approximate surface area is 227 Å². The van der Waals surface area contributed by atoms with Gasteiger partial charge in [-0.3, -0.25) is 9.56 Å². The molecule has 0 N–H and O–H groups in total. The minimum Gasteiger partial charge on any atom is -0.493 e. The Hall–Kier alpha value is -3.65. The van der Waals surface area contributed by atoms with Gasteiger partial charge in [-0.2, -0.15) is 0 Å². The molecule has 6 rings (SSSR count). The zero-order chi connectivity index (χ0) is 26.4. The maximum Gasteiger partial charge on any atom is 0.203 e. The Bertz CT molecular complexity index is 1530. The number of benzene rings is 2. The number of hydrogen-bond donors (Lipinski definition) is 0. The van der Waals surface area contributed by atoms with Crippen molar-refractivity contribution in [1.82, 2.24) is 14.8 Å². The first-order valence-corrected chi connectivity index (χ1v) is 13.8. The first-order valence-electron chi connectivity index (χ1n) is 13.0. The highest BCUT2D eigenvalue weighted by molar-refractivity contribution is 7.15. The van der Waals surface area contributed by atoms with Crippen LogP contribution in [0, 0.1) is 13.8 Å². The van der Waals surface area contributed by atoms with Gasteiger partial charge in [0.15, 0.2) is 17.3 Å². The van der Waals surface area contributed by atoms with Crippen molar-refractivity contribution in [3.8, 4) is 22.2 Å². The Morgan fingerprint density at radius 2 is 1.74 bits per heavy atom. The van der Waals surface area contributed by atoms with Gasteiger partial charge in [-0.15, -0.1) is 21.5 Å². The lowest BCUT2D eigenvalue weighted by molar-refractivity contribution is 0.324. The molecule has 4 aromatic rings. The fourth-order valence-corrected chi connectivity index (χ4v) is 7.15. The van der Waals surface area contributed by atoms with E-state index in [4.69, 9.17) is 19.2 Å². The van der Waals surface area contributed by atoms with E-state index in [0.717, 1.165) is 42.9 Å². The molecule has 1 aliphatic carbocycles. The van der Waals surface area contributed by atoms with Gasteiger partial charge in [0.25, 0.3) is 0 Å². The first-order chi connectivity index (χ1) is 18.5. The number of hydrogen-bond acceptors (Lipinski definition) is 7. The van der Waals surface area contributed by atoms with Crippen molar-refractivity contribution in [2.24, 2.45) is 4.99 Å². The van der Waals surface area contributed by atoms with Crippen molar-refractivity contribution >= 4 is 17.6 Å². The fourth-order valence-electron chi connectivity index (χ4n) is 5.73. The van der Waals surface area contributed by atoms with Crippen LogP contribution in [0.25, 0.3) is 5.00 Å². The number of thiophene rings is 1. The summed E-state index contributed by atoms with van der Waals surface area (Å²) in [5.41, 5.74) is 7.47. The second-order valence-corrected chi connectivity index (χ2v) is 11.0. The van der Waals surface area contributed by atoms with E-state index < -0.39 is 0 Å². The Kier molecular flexibility index (Phi) is 6.43. The van der Waals surface area contributed by atoms with Crippen LogP contribution in [-0.2, 0) is 25.7 Å². The highest BCUT2D eigenvalue weighted by atomic mass is 32.1. The van der Waals surface area contributed by atoms with E-state index in [1.165, 1.54) is 44.1 Å². The maximum atomic E-state index is 5.58. The van der Waals surface area contributed by atoms with Crippen molar-refractivity contribution in [2.45, 2.75) is 52.0 Å². The molecule has 1 atom stereocenters. The third-order valence-electron chi connectivity index (χ3n) is 7.59. The van der Waals surface area contributed by atoms with Crippen LogP contribution in [0.1, 0.15) is 62.4 Å². The lowest BCUT2D eigenvalue weighted by Gasteiger charge is -2.18. The summed E-state index contributed by atoms with van der Waals surface area (Å²) >= 11 is 1.88. The second kappa shape index (κ2) is 9.91. The van der Waals surface area contributed by atoms with Crippen molar-refractivity contribution in [2.75, 3.05) is 21.3 Å². The maximum absolute atomic E-state index is 5.58. The largest absolute Gasteiger partial charge is 0.493 e. The van der Waals surface area contributed by atoms with Gasteiger partial charge in [-0.25, -0.2) is 0 Å². The molecule has 0 saturated carbocycles. The summed E-state index contributed by atoms with van der Waals surface area (Å²) in [6.07, 6.45) is 7.26. The minimum atomic E-state index is -0.219. The predicted octanol–water partition coefficient (Wildman–Crippen LogP) is 5.77. The van der Waals surface area contributed by atoms with Crippen LogP contribution in [0.15, 0.2) is 35.3 Å². The Balaban J connectivity index is 1.38. The third-order valence-corrected chi connectivity index (χ3v) is 8.89. The van der Waals surface area contributed by atoms with Gasteiger partial charge < -0.3 is 14.2 Å². The van der Waals surface area contributed by atoms with Crippen LogP contribution in [-0.4, -0.2) is 42.3 Å². The molecule has 3 heterocycles. The van der Waals surface area contributed by atoms with E-state index in [9.17, 15) is 0 Å². The molecule has 1 unspecified atom stereocenters. The molecule has 0 bridgehead atoms. The van der Waals surface area contributed by atoms with Gasteiger partial charge in [0, 0.05) is 16.7 Å². The quantitative estimate of drug-likeness (QED) is 0.305. The molecule has 0 fully saturated rings.